The highest BCUT2D eigenvalue weighted by Gasteiger charge is 2.23. The van der Waals surface area contributed by atoms with Crippen LogP contribution in [-0.2, 0) is 16.6 Å². The second-order valence-electron chi connectivity index (χ2n) is 7.73. The van der Waals surface area contributed by atoms with Gasteiger partial charge in [-0.15, -0.1) is 21.5 Å². The summed E-state index contributed by atoms with van der Waals surface area (Å²) >= 11 is 2.59. The number of hydrogen-bond donors (Lipinski definition) is 1. The highest BCUT2D eigenvalue weighted by molar-refractivity contribution is 7.99. The summed E-state index contributed by atoms with van der Waals surface area (Å²) in [5.41, 5.74) is 5.20. The molecule has 0 aliphatic heterocycles. The Labute approximate surface area is 206 Å². The van der Waals surface area contributed by atoms with Crippen molar-refractivity contribution < 1.29 is 14.3 Å². The second kappa shape index (κ2) is 10.2. The number of methoxy groups -OCH3 is 1. The van der Waals surface area contributed by atoms with Crippen LogP contribution in [0.1, 0.15) is 21.5 Å². The summed E-state index contributed by atoms with van der Waals surface area (Å²) in [4.78, 5) is 25.3. The third kappa shape index (κ3) is 4.90. The normalized spacial score (nSPS) is 10.8. The first-order valence-corrected chi connectivity index (χ1v) is 12.4. The molecule has 34 heavy (non-hydrogen) atoms. The highest BCUT2D eigenvalue weighted by Crippen LogP contribution is 2.36. The number of anilines is 1. The number of benzene rings is 2. The summed E-state index contributed by atoms with van der Waals surface area (Å²) in [7, 11) is 3.21. The average molecular weight is 493 g/mol. The van der Waals surface area contributed by atoms with Crippen LogP contribution in [0.4, 0.5) is 5.00 Å². The number of nitrogens with zero attached hydrogens (tertiary/aromatic N) is 3. The predicted octanol–water partition coefficient (Wildman–Crippen LogP) is 5.34. The van der Waals surface area contributed by atoms with Crippen molar-refractivity contribution in [2.75, 3.05) is 18.2 Å². The standard InChI is InChI=1S/C25H24N4O3S2/c1-15-9-11-17(12-10-15)19-13-33-23(21(19)24(31)32-4)26-20(30)14-34-25-28-27-22(29(25)3)18-8-6-5-7-16(18)2/h5-13H,14H2,1-4H3,(H,26,30). The number of thioether (sulfide) groups is 1. The smallest absolute Gasteiger partial charge is 0.341 e. The number of thiophene rings is 1. The lowest BCUT2D eigenvalue weighted by molar-refractivity contribution is -0.113. The summed E-state index contributed by atoms with van der Waals surface area (Å²) in [5, 5.41) is 14.4. The number of amides is 1. The Kier molecular flexibility index (Phi) is 7.14. The summed E-state index contributed by atoms with van der Waals surface area (Å²) in [6.07, 6.45) is 0. The van der Waals surface area contributed by atoms with Crippen molar-refractivity contribution in [3.8, 4) is 22.5 Å². The van der Waals surface area contributed by atoms with Crippen molar-refractivity contribution in [1.82, 2.24) is 14.8 Å². The summed E-state index contributed by atoms with van der Waals surface area (Å²) in [5.74, 6) is 0.136. The number of hydrogen-bond acceptors (Lipinski definition) is 7. The van der Waals surface area contributed by atoms with Gasteiger partial charge in [-0.2, -0.15) is 0 Å². The predicted molar refractivity (Wildman–Crippen MR) is 136 cm³/mol. The molecule has 0 aliphatic carbocycles. The molecular weight excluding hydrogens is 468 g/mol. The monoisotopic (exact) mass is 492 g/mol. The van der Waals surface area contributed by atoms with Crippen LogP contribution in [0.3, 0.4) is 0 Å². The van der Waals surface area contributed by atoms with E-state index < -0.39 is 5.97 Å². The third-order valence-electron chi connectivity index (χ3n) is 5.35. The van der Waals surface area contributed by atoms with Crippen LogP contribution in [0.15, 0.2) is 59.1 Å². The van der Waals surface area contributed by atoms with Gasteiger partial charge in [0.25, 0.3) is 0 Å². The number of ether oxygens (including phenoxy) is 1. The van der Waals surface area contributed by atoms with Crippen LogP contribution in [-0.4, -0.2) is 39.5 Å². The average Bonchev–Trinajstić information content (AvgIpc) is 3.41. The molecule has 1 amide bonds. The molecule has 0 bridgehead atoms. The molecule has 174 valence electrons. The van der Waals surface area contributed by atoms with Crippen LogP contribution < -0.4 is 5.32 Å². The molecule has 0 aliphatic rings. The molecule has 2 aromatic heterocycles. The molecule has 0 spiro atoms. The molecule has 4 rings (SSSR count). The number of rotatable bonds is 7. The van der Waals surface area contributed by atoms with Crippen molar-refractivity contribution in [2.24, 2.45) is 7.05 Å². The lowest BCUT2D eigenvalue weighted by Crippen LogP contribution is -2.16. The summed E-state index contributed by atoms with van der Waals surface area (Å²) in [6.45, 7) is 4.03. The zero-order chi connectivity index (χ0) is 24.2. The van der Waals surface area contributed by atoms with Crippen LogP contribution in [0, 0.1) is 13.8 Å². The molecule has 1 N–H and O–H groups in total. The molecule has 2 heterocycles. The van der Waals surface area contributed by atoms with E-state index in [0.29, 0.717) is 15.7 Å². The van der Waals surface area contributed by atoms with Gasteiger partial charge in [-0.05, 0) is 25.0 Å². The maximum atomic E-state index is 12.7. The molecular formula is C25H24N4O3S2. The van der Waals surface area contributed by atoms with Crippen LogP contribution >= 0.6 is 23.1 Å². The first-order chi connectivity index (χ1) is 16.4. The van der Waals surface area contributed by atoms with E-state index in [1.54, 1.807) is 0 Å². The molecule has 0 saturated heterocycles. The topological polar surface area (TPSA) is 86.1 Å². The molecule has 0 unspecified atom stereocenters. The largest absolute Gasteiger partial charge is 0.465 e. The van der Waals surface area contributed by atoms with Gasteiger partial charge in [-0.25, -0.2) is 4.79 Å². The van der Waals surface area contributed by atoms with E-state index in [2.05, 4.69) is 15.5 Å². The van der Waals surface area contributed by atoms with E-state index in [0.717, 1.165) is 33.6 Å². The van der Waals surface area contributed by atoms with Gasteiger partial charge in [-0.1, -0.05) is 65.9 Å². The van der Waals surface area contributed by atoms with Gasteiger partial charge in [0.2, 0.25) is 5.91 Å². The van der Waals surface area contributed by atoms with Crippen molar-refractivity contribution >= 4 is 40.0 Å². The van der Waals surface area contributed by atoms with Crippen LogP contribution in [0.25, 0.3) is 22.5 Å². The SMILES string of the molecule is COC(=O)c1c(-c2ccc(C)cc2)csc1NC(=O)CSc1nnc(-c2ccccc2C)n1C. The summed E-state index contributed by atoms with van der Waals surface area (Å²) < 4.78 is 6.87. The van der Waals surface area contributed by atoms with E-state index in [1.807, 2.05) is 79.4 Å². The molecule has 0 fully saturated rings. The fraction of sp³-hybridized carbons (Fsp3) is 0.200. The van der Waals surface area contributed by atoms with E-state index >= 15 is 0 Å². The maximum Gasteiger partial charge on any atom is 0.341 e. The Balaban J connectivity index is 1.49. The van der Waals surface area contributed by atoms with Gasteiger partial charge < -0.3 is 14.6 Å². The fourth-order valence-electron chi connectivity index (χ4n) is 3.49. The molecule has 7 nitrogen and oxygen atoms in total. The number of carbonyl (C=O) groups is 2. The number of aryl methyl sites for hydroxylation is 2. The zero-order valence-corrected chi connectivity index (χ0v) is 20.9. The number of aromatic nitrogens is 3. The lowest BCUT2D eigenvalue weighted by atomic mass is 10.0. The number of esters is 1. The van der Waals surface area contributed by atoms with Crippen LogP contribution in [0.5, 0.6) is 0 Å². The van der Waals surface area contributed by atoms with E-state index in [-0.39, 0.29) is 11.7 Å². The van der Waals surface area contributed by atoms with Crippen molar-refractivity contribution in [3.63, 3.8) is 0 Å². The Morgan fingerprint density at radius 3 is 2.50 bits per heavy atom. The first kappa shape index (κ1) is 23.7. The molecule has 9 heteroatoms. The molecule has 0 atom stereocenters. The zero-order valence-electron chi connectivity index (χ0n) is 19.3. The van der Waals surface area contributed by atoms with Crippen molar-refractivity contribution in [2.45, 2.75) is 19.0 Å². The molecule has 0 radical (unpaired) electrons. The summed E-state index contributed by atoms with van der Waals surface area (Å²) in [6, 6.07) is 15.8. The quantitative estimate of drug-likeness (QED) is 0.277. The lowest BCUT2D eigenvalue weighted by Gasteiger charge is -2.08. The maximum absolute atomic E-state index is 12.7. The number of nitrogens with one attached hydrogen (secondary N) is 1. The van der Waals surface area contributed by atoms with Gasteiger partial charge in [0.05, 0.1) is 12.9 Å². The van der Waals surface area contributed by atoms with Gasteiger partial charge in [0.15, 0.2) is 11.0 Å². The third-order valence-corrected chi connectivity index (χ3v) is 7.26. The minimum Gasteiger partial charge on any atom is -0.465 e. The van der Waals surface area contributed by atoms with Crippen molar-refractivity contribution in [1.29, 1.82) is 0 Å². The highest BCUT2D eigenvalue weighted by atomic mass is 32.2. The van der Waals surface area contributed by atoms with Crippen LogP contribution in [0.2, 0.25) is 0 Å². The number of carbonyl (C=O) groups excluding carboxylic acids is 2. The Morgan fingerprint density at radius 1 is 1.06 bits per heavy atom. The van der Waals surface area contributed by atoms with Crippen molar-refractivity contribution in [3.05, 3.63) is 70.6 Å². The van der Waals surface area contributed by atoms with E-state index in [1.165, 1.54) is 30.2 Å². The van der Waals surface area contributed by atoms with Gasteiger partial charge in [-0.3, -0.25) is 4.79 Å². The first-order valence-electron chi connectivity index (χ1n) is 10.5. The molecule has 0 saturated carbocycles. The Bertz CT molecular complexity index is 1340. The van der Waals surface area contributed by atoms with Gasteiger partial charge in [0.1, 0.15) is 10.6 Å². The van der Waals surface area contributed by atoms with E-state index in [4.69, 9.17) is 4.74 Å². The fourth-order valence-corrected chi connectivity index (χ4v) is 5.18. The molecule has 4 aromatic rings. The molecule has 2 aromatic carbocycles. The minimum atomic E-state index is -0.490. The van der Waals surface area contributed by atoms with Gasteiger partial charge >= 0.3 is 5.97 Å². The van der Waals surface area contributed by atoms with E-state index in [9.17, 15) is 9.59 Å². The minimum absolute atomic E-state index is 0.123. The Morgan fingerprint density at radius 2 is 1.79 bits per heavy atom. The second-order valence-corrected chi connectivity index (χ2v) is 9.55. The Hall–Kier alpha value is -3.43. The van der Waals surface area contributed by atoms with Gasteiger partial charge in [0, 0.05) is 23.6 Å².